The molecule has 120 valence electrons. The molecular formula is C14H19N3O3S2. The van der Waals surface area contributed by atoms with Gasteiger partial charge in [0.25, 0.3) is 5.91 Å². The van der Waals surface area contributed by atoms with Crippen LogP contribution >= 0.6 is 23.1 Å². The molecular weight excluding hydrogens is 322 g/mol. The number of aryl methyl sites for hydroxylation is 1. The molecule has 2 rings (SSSR count). The lowest BCUT2D eigenvalue weighted by Gasteiger charge is -2.29. The number of ketones is 1. The Morgan fingerprint density at radius 3 is 2.91 bits per heavy atom. The second-order valence-electron chi connectivity index (χ2n) is 5.56. The number of ether oxygens (including phenoxy) is 1. The van der Waals surface area contributed by atoms with Crippen LogP contribution in [0.1, 0.15) is 31.7 Å². The van der Waals surface area contributed by atoms with E-state index in [0.717, 1.165) is 21.5 Å². The molecule has 22 heavy (non-hydrogen) atoms. The molecule has 1 aliphatic rings. The average molecular weight is 341 g/mol. The van der Waals surface area contributed by atoms with Crippen molar-refractivity contribution in [3.63, 3.8) is 0 Å². The predicted octanol–water partition coefficient (Wildman–Crippen LogP) is 2.10. The van der Waals surface area contributed by atoms with Crippen molar-refractivity contribution in [2.75, 3.05) is 12.3 Å². The van der Waals surface area contributed by atoms with E-state index in [1.165, 1.54) is 6.08 Å². The number of nitrogens with one attached hydrogen (secondary N) is 1. The summed E-state index contributed by atoms with van der Waals surface area (Å²) in [6, 6.07) is 0. The van der Waals surface area contributed by atoms with E-state index in [0.29, 0.717) is 13.0 Å². The van der Waals surface area contributed by atoms with E-state index in [9.17, 15) is 9.59 Å². The van der Waals surface area contributed by atoms with Gasteiger partial charge in [-0.25, -0.2) is 0 Å². The zero-order valence-corrected chi connectivity index (χ0v) is 14.5. The van der Waals surface area contributed by atoms with Gasteiger partial charge in [0.1, 0.15) is 10.6 Å². The molecule has 1 amide bonds. The molecule has 1 N–H and O–H groups in total. The summed E-state index contributed by atoms with van der Waals surface area (Å²) in [6.45, 7) is 6.04. The van der Waals surface area contributed by atoms with Crippen molar-refractivity contribution in [2.45, 2.75) is 43.6 Å². The van der Waals surface area contributed by atoms with Gasteiger partial charge in [-0.2, -0.15) is 0 Å². The van der Waals surface area contributed by atoms with Gasteiger partial charge in [-0.15, -0.1) is 10.2 Å². The topological polar surface area (TPSA) is 81.2 Å². The Morgan fingerprint density at radius 1 is 1.50 bits per heavy atom. The number of nitrogens with zero attached hydrogens (tertiary/aromatic N) is 2. The number of allylic oxidation sites excluding steroid dienone is 1. The number of aromatic nitrogens is 2. The highest BCUT2D eigenvalue weighted by molar-refractivity contribution is 8.01. The summed E-state index contributed by atoms with van der Waals surface area (Å²) in [5, 5.41) is 11.7. The third-order valence-corrected chi connectivity index (χ3v) is 4.90. The van der Waals surface area contributed by atoms with E-state index >= 15 is 0 Å². The van der Waals surface area contributed by atoms with Crippen molar-refractivity contribution in [2.24, 2.45) is 0 Å². The highest BCUT2D eigenvalue weighted by Gasteiger charge is 2.31. The Kier molecular flexibility index (Phi) is 5.57. The first-order valence-corrected chi connectivity index (χ1v) is 8.80. The Morgan fingerprint density at radius 2 is 2.27 bits per heavy atom. The quantitative estimate of drug-likeness (QED) is 0.630. The first kappa shape index (κ1) is 17.0. The number of carbonyl (C=O) groups excluding carboxylic acids is 2. The number of rotatable bonds is 6. The lowest BCUT2D eigenvalue weighted by Crippen LogP contribution is -2.37. The first-order valence-electron chi connectivity index (χ1n) is 7.00. The molecule has 0 aliphatic carbocycles. The molecule has 6 nitrogen and oxygen atoms in total. The molecule has 2 heterocycles. The SMILES string of the molecule is Cc1nnc(SCCCNC(=O)C2=CC(=O)CC(C)(C)O2)s1. The van der Waals surface area contributed by atoms with Crippen LogP contribution in [-0.2, 0) is 14.3 Å². The molecule has 0 saturated carbocycles. The summed E-state index contributed by atoms with van der Waals surface area (Å²) in [4.78, 5) is 23.6. The maximum absolute atomic E-state index is 12.0. The fourth-order valence-corrected chi connectivity index (χ4v) is 3.77. The summed E-state index contributed by atoms with van der Waals surface area (Å²) in [5.74, 6) is 0.536. The van der Waals surface area contributed by atoms with Crippen LogP contribution in [0.3, 0.4) is 0 Å². The Labute approximate surface area is 137 Å². The van der Waals surface area contributed by atoms with E-state index in [2.05, 4.69) is 15.5 Å². The van der Waals surface area contributed by atoms with E-state index in [1.807, 2.05) is 6.92 Å². The van der Waals surface area contributed by atoms with Gasteiger partial charge in [-0.1, -0.05) is 23.1 Å². The van der Waals surface area contributed by atoms with Gasteiger partial charge in [-0.05, 0) is 27.2 Å². The van der Waals surface area contributed by atoms with Crippen LogP contribution < -0.4 is 5.32 Å². The van der Waals surface area contributed by atoms with Gasteiger partial charge in [0.05, 0.1) is 0 Å². The lowest BCUT2D eigenvalue weighted by molar-refractivity contribution is -0.130. The van der Waals surface area contributed by atoms with Gasteiger partial charge in [0.15, 0.2) is 15.9 Å². The summed E-state index contributed by atoms with van der Waals surface area (Å²) >= 11 is 3.18. The highest BCUT2D eigenvalue weighted by atomic mass is 32.2. The van der Waals surface area contributed by atoms with Gasteiger partial charge in [-0.3, -0.25) is 9.59 Å². The van der Waals surface area contributed by atoms with Gasteiger partial charge in [0.2, 0.25) is 0 Å². The molecule has 0 fully saturated rings. The number of thioether (sulfide) groups is 1. The van der Waals surface area contributed by atoms with E-state index < -0.39 is 5.60 Å². The Balaban J connectivity index is 1.70. The highest BCUT2D eigenvalue weighted by Crippen LogP contribution is 2.25. The fourth-order valence-electron chi connectivity index (χ4n) is 1.95. The smallest absolute Gasteiger partial charge is 0.286 e. The van der Waals surface area contributed by atoms with E-state index in [1.54, 1.807) is 36.9 Å². The van der Waals surface area contributed by atoms with Crippen LogP contribution in [0.5, 0.6) is 0 Å². The normalized spacial score (nSPS) is 16.9. The minimum Gasteiger partial charge on any atom is -0.482 e. The number of carbonyl (C=O) groups is 2. The molecule has 0 spiro atoms. The molecule has 1 aliphatic heterocycles. The third-order valence-electron chi connectivity index (χ3n) is 2.84. The summed E-state index contributed by atoms with van der Waals surface area (Å²) in [6.07, 6.45) is 2.38. The lowest BCUT2D eigenvalue weighted by atomic mass is 9.98. The van der Waals surface area contributed by atoms with E-state index in [4.69, 9.17) is 4.74 Å². The maximum atomic E-state index is 12.0. The number of amides is 1. The second-order valence-corrected chi connectivity index (χ2v) is 8.08. The minimum absolute atomic E-state index is 0.0800. The summed E-state index contributed by atoms with van der Waals surface area (Å²) < 4.78 is 6.48. The van der Waals surface area contributed by atoms with Crippen LogP contribution in [0.25, 0.3) is 0 Å². The molecule has 0 aromatic carbocycles. The zero-order valence-electron chi connectivity index (χ0n) is 12.8. The van der Waals surface area contributed by atoms with Crippen LogP contribution in [0.4, 0.5) is 0 Å². The zero-order chi connectivity index (χ0) is 16.2. The molecule has 0 radical (unpaired) electrons. The molecule has 0 unspecified atom stereocenters. The second kappa shape index (κ2) is 7.23. The summed E-state index contributed by atoms with van der Waals surface area (Å²) in [5.41, 5.74) is -0.621. The van der Waals surface area contributed by atoms with Gasteiger partial charge < -0.3 is 10.1 Å². The molecule has 1 aromatic heterocycles. The molecule has 8 heteroatoms. The number of hydrogen-bond acceptors (Lipinski definition) is 7. The molecule has 0 bridgehead atoms. The van der Waals surface area contributed by atoms with Crippen molar-refractivity contribution in [1.29, 1.82) is 0 Å². The largest absolute Gasteiger partial charge is 0.482 e. The fraction of sp³-hybridized carbons (Fsp3) is 0.571. The molecule has 0 atom stereocenters. The Hall–Kier alpha value is -1.41. The van der Waals surface area contributed by atoms with Crippen molar-refractivity contribution >= 4 is 34.8 Å². The van der Waals surface area contributed by atoms with Crippen LogP contribution in [0.2, 0.25) is 0 Å². The van der Waals surface area contributed by atoms with Crippen LogP contribution in [0.15, 0.2) is 16.2 Å². The van der Waals surface area contributed by atoms with Crippen molar-refractivity contribution in [3.05, 3.63) is 16.8 Å². The summed E-state index contributed by atoms with van der Waals surface area (Å²) in [7, 11) is 0. The van der Waals surface area contributed by atoms with Crippen molar-refractivity contribution in [1.82, 2.24) is 15.5 Å². The average Bonchev–Trinajstić information content (AvgIpc) is 2.81. The van der Waals surface area contributed by atoms with Crippen molar-refractivity contribution in [3.8, 4) is 0 Å². The van der Waals surface area contributed by atoms with Gasteiger partial charge in [0, 0.05) is 24.8 Å². The standard InChI is InChI=1S/C14H19N3O3S2/c1-9-16-17-13(22-9)21-6-4-5-15-12(19)11-7-10(18)8-14(2,3)20-11/h7H,4-6,8H2,1-3H3,(H,15,19). The first-order chi connectivity index (χ1) is 10.4. The monoisotopic (exact) mass is 341 g/mol. The number of hydrogen-bond donors (Lipinski definition) is 1. The van der Waals surface area contributed by atoms with Crippen molar-refractivity contribution < 1.29 is 14.3 Å². The maximum Gasteiger partial charge on any atom is 0.286 e. The Bertz CT molecular complexity index is 596. The third kappa shape index (κ3) is 5.10. The minimum atomic E-state index is -0.621. The van der Waals surface area contributed by atoms with Crippen LogP contribution in [0, 0.1) is 6.92 Å². The van der Waals surface area contributed by atoms with Crippen LogP contribution in [-0.4, -0.2) is 39.8 Å². The molecule has 0 saturated heterocycles. The van der Waals surface area contributed by atoms with E-state index in [-0.39, 0.29) is 17.4 Å². The predicted molar refractivity (Wildman–Crippen MR) is 85.9 cm³/mol. The molecule has 1 aromatic rings. The van der Waals surface area contributed by atoms with Gasteiger partial charge >= 0.3 is 0 Å².